The van der Waals surface area contributed by atoms with Gasteiger partial charge in [-0.2, -0.15) is 0 Å². The number of carbonyl (C=O) groups is 1. The highest BCUT2D eigenvalue weighted by atomic mass is 32.1. The van der Waals surface area contributed by atoms with Crippen LogP contribution in [0.5, 0.6) is 5.75 Å². The van der Waals surface area contributed by atoms with E-state index in [0.717, 1.165) is 22.4 Å². The number of aromatic hydroxyl groups is 1. The number of benzene rings is 2. The molecule has 0 spiro atoms. The van der Waals surface area contributed by atoms with E-state index < -0.39 is 0 Å². The molecule has 3 rings (SSSR count). The van der Waals surface area contributed by atoms with E-state index in [-0.39, 0.29) is 11.7 Å². The highest BCUT2D eigenvalue weighted by Crippen LogP contribution is 2.29. The van der Waals surface area contributed by atoms with Crippen LogP contribution in [-0.4, -0.2) is 16.1 Å². The van der Waals surface area contributed by atoms with Crippen LogP contribution < -0.4 is 10.2 Å². The molecule has 1 heterocycles. The number of thiocarbonyl (C=S) groups is 1. The predicted octanol–water partition coefficient (Wildman–Crippen LogP) is 3.27. The number of phenols is 1. The van der Waals surface area contributed by atoms with Crippen LogP contribution >= 0.6 is 12.2 Å². The molecule has 2 aromatic carbocycles. The Kier molecular flexibility index (Phi) is 3.88. The van der Waals surface area contributed by atoms with Crippen molar-refractivity contribution >= 4 is 35.0 Å². The fourth-order valence-electron chi connectivity index (χ4n) is 2.68. The van der Waals surface area contributed by atoms with E-state index in [9.17, 15) is 9.90 Å². The molecular formula is C18H16N2O2S. The molecule has 2 aromatic rings. The molecule has 4 nitrogen and oxygen atoms in total. The Bertz CT molecular complexity index is 822. The lowest BCUT2D eigenvalue weighted by atomic mass is 10.1. The minimum atomic E-state index is -0.198. The smallest absolute Gasteiger partial charge is 0.281 e. The van der Waals surface area contributed by atoms with Crippen LogP contribution in [0, 0.1) is 13.8 Å². The van der Waals surface area contributed by atoms with Crippen molar-refractivity contribution in [3.05, 3.63) is 64.9 Å². The fourth-order valence-corrected chi connectivity index (χ4v) is 2.96. The van der Waals surface area contributed by atoms with Gasteiger partial charge in [0, 0.05) is 0 Å². The molecule has 1 aliphatic heterocycles. The van der Waals surface area contributed by atoms with Crippen LogP contribution in [0.1, 0.15) is 16.7 Å². The summed E-state index contributed by atoms with van der Waals surface area (Å²) >= 11 is 5.34. The Labute approximate surface area is 140 Å². The lowest BCUT2D eigenvalue weighted by Gasteiger charge is -2.19. The van der Waals surface area contributed by atoms with E-state index in [1.54, 1.807) is 24.3 Å². The van der Waals surface area contributed by atoms with E-state index in [1.165, 1.54) is 4.90 Å². The first-order valence-corrected chi connectivity index (χ1v) is 7.60. The lowest BCUT2D eigenvalue weighted by molar-refractivity contribution is -0.113. The van der Waals surface area contributed by atoms with Gasteiger partial charge in [-0.25, -0.2) is 0 Å². The molecule has 0 atom stereocenters. The number of anilines is 1. The van der Waals surface area contributed by atoms with Gasteiger partial charge < -0.3 is 10.4 Å². The normalized spacial score (nSPS) is 16.1. The van der Waals surface area contributed by atoms with Crippen molar-refractivity contribution in [1.82, 2.24) is 5.32 Å². The molecule has 1 amide bonds. The summed E-state index contributed by atoms with van der Waals surface area (Å²) in [7, 11) is 0. The zero-order valence-electron chi connectivity index (χ0n) is 12.8. The molecule has 0 unspecified atom stereocenters. The number of amides is 1. The Balaban J connectivity index is 2.01. The Morgan fingerprint density at radius 3 is 2.43 bits per heavy atom. The van der Waals surface area contributed by atoms with E-state index >= 15 is 0 Å². The Morgan fingerprint density at radius 2 is 1.78 bits per heavy atom. The molecule has 0 saturated carbocycles. The summed E-state index contributed by atoms with van der Waals surface area (Å²) in [5.74, 6) is -0.0466. The van der Waals surface area contributed by atoms with Gasteiger partial charge in [-0.15, -0.1) is 0 Å². The number of hydrogen-bond acceptors (Lipinski definition) is 3. The molecule has 1 aliphatic rings. The molecule has 0 radical (unpaired) electrons. The van der Waals surface area contributed by atoms with E-state index in [1.807, 2.05) is 38.1 Å². The summed E-state index contributed by atoms with van der Waals surface area (Å²) in [6, 6.07) is 12.6. The summed E-state index contributed by atoms with van der Waals surface area (Å²) in [6.07, 6.45) is 1.68. The number of nitrogens with zero attached hydrogens (tertiary/aromatic N) is 1. The third kappa shape index (κ3) is 2.83. The number of carbonyl (C=O) groups excluding carboxylic acids is 1. The van der Waals surface area contributed by atoms with Crippen molar-refractivity contribution in [3.63, 3.8) is 0 Å². The molecule has 116 valence electrons. The van der Waals surface area contributed by atoms with Gasteiger partial charge in [0.05, 0.1) is 5.69 Å². The van der Waals surface area contributed by atoms with Crippen molar-refractivity contribution in [2.75, 3.05) is 4.90 Å². The van der Waals surface area contributed by atoms with Gasteiger partial charge in [-0.3, -0.25) is 9.69 Å². The zero-order valence-corrected chi connectivity index (χ0v) is 13.6. The summed E-state index contributed by atoms with van der Waals surface area (Å²) in [4.78, 5) is 14.3. The van der Waals surface area contributed by atoms with Crippen LogP contribution in [0.3, 0.4) is 0 Å². The summed E-state index contributed by atoms with van der Waals surface area (Å²) < 4.78 is 0. The highest BCUT2D eigenvalue weighted by Gasteiger charge is 2.33. The lowest BCUT2D eigenvalue weighted by Crippen LogP contribution is -2.31. The average molecular weight is 324 g/mol. The third-order valence-electron chi connectivity index (χ3n) is 3.72. The first-order chi connectivity index (χ1) is 11.0. The molecule has 0 aromatic heterocycles. The maximum Gasteiger partial charge on any atom is 0.281 e. The largest absolute Gasteiger partial charge is 0.508 e. The van der Waals surface area contributed by atoms with Gasteiger partial charge in [-0.1, -0.05) is 30.3 Å². The Hall–Kier alpha value is -2.66. The minimum absolute atomic E-state index is 0.152. The summed E-state index contributed by atoms with van der Waals surface area (Å²) in [6.45, 7) is 3.91. The van der Waals surface area contributed by atoms with E-state index in [0.29, 0.717) is 10.8 Å². The van der Waals surface area contributed by atoms with Gasteiger partial charge in [0.15, 0.2) is 5.11 Å². The zero-order chi connectivity index (χ0) is 16.6. The van der Waals surface area contributed by atoms with Crippen molar-refractivity contribution in [2.45, 2.75) is 13.8 Å². The monoisotopic (exact) mass is 324 g/mol. The van der Waals surface area contributed by atoms with Gasteiger partial charge in [0.25, 0.3) is 5.91 Å². The first-order valence-electron chi connectivity index (χ1n) is 7.20. The third-order valence-corrected chi connectivity index (χ3v) is 4.01. The fraction of sp³-hybridized carbons (Fsp3) is 0.111. The van der Waals surface area contributed by atoms with Crippen LogP contribution in [0.15, 0.2) is 48.2 Å². The van der Waals surface area contributed by atoms with Crippen molar-refractivity contribution in [1.29, 1.82) is 0 Å². The van der Waals surface area contributed by atoms with Crippen LogP contribution in [0.4, 0.5) is 5.69 Å². The molecule has 0 aliphatic carbocycles. The number of aryl methyl sites for hydroxylation is 2. The van der Waals surface area contributed by atoms with Gasteiger partial charge in [0.1, 0.15) is 11.4 Å². The SMILES string of the molecule is Cc1cccc(C)c1N1C(=O)/C(=C\c2cccc(O)c2)NC1=S. The number of hydrogen-bond donors (Lipinski definition) is 2. The molecule has 1 saturated heterocycles. The molecule has 0 bridgehead atoms. The highest BCUT2D eigenvalue weighted by molar-refractivity contribution is 7.80. The molecule has 23 heavy (non-hydrogen) atoms. The average Bonchev–Trinajstić information content (AvgIpc) is 2.75. The minimum Gasteiger partial charge on any atom is -0.508 e. The van der Waals surface area contributed by atoms with E-state index in [4.69, 9.17) is 12.2 Å². The van der Waals surface area contributed by atoms with Crippen molar-refractivity contribution in [2.24, 2.45) is 0 Å². The van der Waals surface area contributed by atoms with Gasteiger partial charge in [0.2, 0.25) is 0 Å². The summed E-state index contributed by atoms with van der Waals surface area (Å²) in [5.41, 5.74) is 3.91. The maximum atomic E-state index is 12.8. The van der Waals surface area contributed by atoms with Gasteiger partial charge >= 0.3 is 0 Å². The number of phenolic OH excluding ortho intramolecular Hbond substituents is 1. The maximum absolute atomic E-state index is 12.8. The van der Waals surface area contributed by atoms with Crippen LogP contribution in [0.2, 0.25) is 0 Å². The molecule has 5 heteroatoms. The molecular weight excluding hydrogens is 308 g/mol. The topological polar surface area (TPSA) is 52.6 Å². The number of para-hydroxylation sites is 1. The first kappa shape index (κ1) is 15.2. The van der Waals surface area contributed by atoms with E-state index in [2.05, 4.69) is 5.32 Å². The molecule has 1 fully saturated rings. The van der Waals surface area contributed by atoms with Gasteiger partial charge in [-0.05, 0) is 61.0 Å². The quantitative estimate of drug-likeness (QED) is 0.657. The summed E-state index contributed by atoms with van der Waals surface area (Å²) in [5, 5.41) is 12.9. The van der Waals surface area contributed by atoms with Crippen molar-refractivity contribution < 1.29 is 9.90 Å². The molecule has 2 N–H and O–H groups in total. The second-order valence-electron chi connectivity index (χ2n) is 5.46. The number of nitrogens with one attached hydrogen (secondary N) is 1. The predicted molar refractivity (Wildman–Crippen MR) is 95.2 cm³/mol. The number of rotatable bonds is 2. The van der Waals surface area contributed by atoms with Crippen LogP contribution in [0.25, 0.3) is 6.08 Å². The second kappa shape index (κ2) is 5.85. The van der Waals surface area contributed by atoms with Crippen molar-refractivity contribution in [3.8, 4) is 5.75 Å². The standard InChI is InChI=1S/C18H16N2O2S/c1-11-5-3-6-12(2)16(11)20-17(22)15(19-18(20)23)10-13-7-4-8-14(21)9-13/h3-10,21H,1-2H3,(H,19,23)/b15-10+. The van der Waals surface area contributed by atoms with Crippen LogP contribution in [-0.2, 0) is 4.79 Å². The Morgan fingerprint density at radius 1 is 1.13 bits per heavy atom. The second-order valence-corrected chi connectivity index (χ2v) is 5.85.